The van der Waals surface area contributed by atoms with E-state index >= 15 is 0 Å². The highest BCUT2D eigenvalue weighted by Crippen LogP contribution is 2.35. The standard InChI is InChI=1S/C21H24FIN4O3/c1-21(2)29-11-13(30-21)10-25-20(28)17-14-5-4-8-24-18(14)27(3)19(17)26-16-7-6-12(23)9-15(16)22/h4-9,13,20,25-26,28H,10-11H2,1-3H3/t13-,20?/m0/s1. The normalized spacial score (nSPS) is 19.3. The Balaban J connectivity index is 1.65. The van der Waals surface area contributed by atoms with Gasteiger partial charge in [0.15, 0.2) is 5.79 Å². The molecule has 1 aromatic carbocycles. The topological polar surface area (TPSA) is 80.6 Å². The molecule has 2 aromatic heterocycles. The maximum atomic E-state index is 14.5. The summed E-state index contributed by atoms with van der Waals surface area (Å²) < 4.78 is 28.5. The molecule has 0 aliphatic carbocycles. The maximum absolute atomic E-state index is 14.5. The lowest BCUT2D eigenvalue weighted by atomic mass is 10.1. The molecule has 0 amide bonds. The van der Waals surface area contributed by atoms with Crippen molar-refractivity contribution in [3.8, 4) is 0 Å². The molecule has 1 aliphatic heterocycles. The summed E-state index contributed by atoms with van der Waals surface area (Å²) in [5.74, 6) is -0.435. The van der Waals surface area contributed by atoms with Gasteiger partial charge in [-0.3, -0.25) is 5.32 Å². The number of anilines is 2. The van der Waals surface area contributed by atoms with Crippen molar-refractivity contribution < 1.29 is 19.0 Å². The van der Waals surface area contributed by atoms with Crippen LogP contribution in [0, 0.1) is 9.39 Å². The summed E-state index contributed by atoms with van der Waals surface area (Å²) >= 11 is 2.07. The molecule has 0 bridgehead atoms. The van der Waals surface area contributed by atoms with Gasteiger partial charge < -0.3 is 24.5 Å². The first-order valence-corrected chi connectivity index (χ1v) is 10.7. The van der Waals surface area contributed by atoms with E-state index in [1.54, 1.807) is 12.3 Å². The van der Waals surface area contributed by atoms with Crippen molar-refractivity contribution in [2.45, 2.75) is 32.0 Å². The summed E-state index contributed by atoms with van der Waals surface area (Å²) in [6.45, 7) is 4.57. The highest BCUT2D eigenvalue weighted by Gasteiger charge is 2.33. The van der Waals surface area contributed by atoms with E-state index in [4.69, 9.17) is 9.47 Å². The molecule has 1 saturated heterocycles. The summed E-state index contributed by atoms with van der Waals surface area (Å²) in [6.07, 6.45) is 0.500. The van der Waals surface area contributed by atoms with Gasteiger partial charge in [0.2, 0.25) is 0 Å². The maximum Gasteiger partial charge on any atom is 0.163 e. The van der Waals surface area contributed by atoms with Gasteiger partial charge in [-0.1, -0.05) is 0 Å². The summed E-state index contributed by atoms with van der Waals surface area (Å²) in [5.41, 5.74) is 1.60. The molecule has 3 aromatic rings. The number of ether oxygens (including phenoxy) is 2. The van der Waals surface area contributed by atoms with E-state index in [0.717, 1.165) is 8.96 Å². The Morgan fingerprint density at radius 1 is 1.40 bits per heavy atom. The van der Waals surface area contributed by atoms with Crippen LogP contribution in [0.2, 0.25) is 0 Å². The summed E-state index contributed by atoms with van der Waals surface area (Å²) in [6, 6.07) is 8.65. The van der Waals surface area contributed by atoms with Crippen LogP contribution in [0.3, 0.4) is 0 Å². The number of benzene rings is 1. The zero-order valence-corrected chi connectivity index (χ0v) is 19.1. The Labute approximate surface area is 187 Å². The average molecular weight is 526 g/mol. The molecule has 1 fully saturated rings. The predicted octanol–water partition coefficient (Wildman–Crippen LogP) is 3.79. The van der Waals surface area contributed by atoms with Crippen molar-refractivity contribution in [3.63, 3.8) is 0 Å². The van der Waals surface area contributed by atoms with E-state index in [-0.39, 0.29) is 11.9 Å². The largest absolute Gasteiger partial charge is 0.374 e. The van der Waals surface area contributed by atoms with Crippen LogP contribution in [0.5, 0.6) is 0 Å². The first-order chi connectivity index (χ1) is 14.2. The van der Waals surface area contributed by atoms with Gasteiger partial charge in [-0.25, -0.2) is 9.37 Å². The van der Waals surface area contributed by atoms with E-state index in [2.05, 4.69) is 38.2 Å². The van der Waals surface area contributed by atoms with E-state index in [1.807, 2.05) is 43.7 Å². The lowest BCUT2D eigenvalue weighted by Gasteiger charge is -2.20. The molecule has 0 saturated carbocycles. The number of rotatable bonds is 6. The van der Waals surface area contributed by atoms with Crippen LogP contribution >= 0.6 is 22.6 Å². The second-order valence-electron chi connectivity index (χ2n) is 7.71. The van der Waals surface area contributed by atoms with E-state index < -0.39 is 12.0 Å². The molecule has 0 spiro atoms. The monoisotopic (exact) mass is 526 g/mol. The lowest BCUT2D eigenvalue weighted by molar-refractivity contribution is -0.138. The number of nitrogens with one attached hydrogen (secondary N) is 2. The van der Waals surface area contributed by atoms with Gasteiger partial charge in [0.05, 0.1) is 18.4 Å². The fourth-order valence-electron chi connectivity index (χ4n) is 3.64. The van der Waals surface area contributed by atoms with Crippen LogP contribution in [-0.4, -0.2) is 39.7 Å². The molecule has 4 rings (SSSR count). The lowest BCUT2D eigenvalue weighted by Crippen LogP contribution is -2.33. The highest BCUT2D eigenvalue weighted by molar-refractivity contribution is 14.1. The van der Waals surface area contributed by atoms with Crippen molar-refractivity contribution in [2.24, 2.45) is 7.05 Å². The smallest absolute Gasteiger partial charge is 0.163 e. The van der Waals surface area contributed by atoms with Gasteiger partial charge in [0.25, 0.3) is 0 Å². The molecule has 1 aliphatic rings. The van der Waals surface area contributed by atoms with Crippen LogP contribution in [0.4, 0.5) is 15.9 Å². The summed E-state index contributed by atoms with van der Waals surface area (Å²) in [7, 11) is 1.83. The van der Waals surface area contributed by atoms with Gasteiger partial charge in [0.1, 0.15) is 23.5 Å². The van der Waals surface area contributed by atoms with Crippen molar-refractivity contribution in [2.75, 3.05) is 18.5 Å². The number of nitrogens with zero attached hydrogens (tertiary/aromatic N) is 2. The quantitative estimate of drug-likeness (QED) is 0.335. The predicted molar refractivity (Wildman–Crippen MR) is 121 cm³/mol. The van der Waals surface area contributed by atoms with Crippen LogP contribution < -0.4 is 10.6 Å². The van der Waals surface area contributed by atoms with E-state index in [9.17, 15) is 9.50 Å². The van der Waals surface area contributed by atoms with Gasteiger partial charge in [0, 0.05) is 34.3 Å². The van der Waals surface area contributed by atoms with Crippen molar-refractivity contribution >= 4 is 45.1 Å². The fourth-order valence-corrected chi connectivity index (χ4v) is 4.10. The minimum Gasteiger partial charge on any atom is -0.374 e. The fraction of sp³-hybridized carbons (Fsp3) is 0.381. The van der Waals surface area contributed by atoms with Gasteiger partial charge in [-0.15, -0.1) is 0 Å². The first kappa shape index (κ1) is 21.4. The second kappa shape index (κ2) is 8.39. The Hall–Kier alpha value is -1.79. The van der Waals surface area contributed by atoms with E-state index in [0.29, 0.717) is 35.9 Å². The SMILES string of the molecule is Cn1c(Nc2ccc(I)cc2F)c(C(O)NC[C@H]2COC(C)(C)O2)c2cccnc21. The number of aryl methyl sites for hydroxylation is 1. The Kier molecular flexibility index (Phi) is 5.99. The molecule has 3 heterocycles. The molecule has 9 heteroatoms. The second-order valence-corrected chi connectivity index (χ2v) is 8.95. The Bertz CT molecular complexity index is 1070. The zero-order valence-electron chi connectivity index (χ0n) is 16.9. The third-order valence-electron chi connectivity index (χ3n) is 5.05. The Morgan fingerprint density at radius 3 is 2.90 bits per heavy atom. The third-order valence-corrected chi connectivity index (χ3v) is 5.72. The number of aliphatic hydroxyl groups excluding tert-OH is 1. The van der Waals surface area contributed by atoms with Crippen molar-refractivity contribution in [3.05, 3.63) is 51.5 Å². The van der Waals surface area contributed by atoms with Crippen molar-refractivity contribution in [1.82, 2.24) is 14.9 Å². The molecule has 1 unspecified atom stereocenters. The number of hydrogen-bond acceptors (Lipinski definition) is 6. The minimum atomic E-state index is -1.01. The van der Waals surface area contributed by atoms with Crippen molar-refractivity contribution in [1.29, 1.82) is 0 Å². The van der Waals surface area contributed by atoms with Gasteiger partial charge in [-0.05, 0) is 66.8 Å². The summed E-state index contributed by atoms with van der Waals surface area (Å²) in [5, 5.41) is 18.0. The van der Waals surface area contributed by atoms with E-state index in [1.165, 1.54) is 6.07 Å². The van der Waals surface area contributed by atoms with Crippen LogP contribution in [0.1, 0.15) is 25.6 Å². The first-order valence-electron chi connectivity index (χ1n) is 9.64. The highest BCUT2D eigenvalue weighted by atomic mass is 127. The number of aliphatic hydroxyl groups is 1. The molecule has 0 radical (unpaired) electrons. The number of pyridine rings is 1. The van der Waals surface area contributed by atoms with Gasteiger partial charge >= 0.3 is 0 Å². The Morgan fingerprint density at radius 2 is 2.20 bits per heavy atom. The molecule has 7 nitrogen and oxygen atoms in total. The molecule has 3 N–H and O–H groups in total. The average Bonchev–Trinajstić information content (AvgIpc) is 3.19. The molecule has 2 atom stereocenters. The number of hydrogen-bond donors (Lipinski definition) is 3. The minimum absolute atomic E-state index is 0.173. The number of halogens is 2. The molecule has 30 heavy (non-hydrogen) atoms. The molecular formula is C21H24FIN4O3. The zero-order chi connectivity index (χ0) is 21.5. The number of aromatic nitrogens is 2. The van der Waals surface area contributed by atoms with Crippen LogP contribution in [0.25, 0.3) is 11.0 Å². The van der Waals surface area contributed by atoms with Gasteiger partial charge in [-0.2, -0.15) is 0 Å². The van der Waals surface area contributed by atoms with Crippen LogP contribution in [0.15, 0.2) is 36.5 Å². The summed E-state index contributed by atoms with van der Waals surface area (Å²) in [4.78, 5) is 4.42. The molecular weight excluding hydrogens is 502 g/mol. The third kappa shape index (κ3) is 4.30. The number of fused-ring (bicyclic) bond motifs is 1. The molecule has 160 valence electrons. The van der Waals surface area contributed by atoms with Crippen LogP contribution in [-0.2, 0) is 16.5 Å².